The Labute approximate surface area is 178 Å². The molecule has 0 spiro atoms. The number of nitriles is 1. The number of nitrogens with zero attached hydrogens (tertiary/aromatic N) is 2. The number of benzene rings is 1. The molecule has 0 radical (unpaired) electrons. The van der Waals surface area contributed by atoms with Crippen molar-refractivity contribution in [1.82, 2.24) is 9.88 Å². The monoisotopic (exact) mass is 407 g/mol. The molecular formula is C24H29N3O3. The van der Waals surface area contributed by atoms with E-state index < -0.39 is 17.9 Å². The zero-order chi connectivity index (χ0) is 22.3. The van der Waals surface area contributed by atoms with Crippen molar-refractivity contribution in [2.75, 3.05) is 7.11 Å². The van der Waals surface area contributed by atoms with Crippen molar-refractivity contribution < 1.29 is 14.3 Å². The van der Waals surface area contributed by atoms with Crippen LogP contribution in [0.1, 0.15) is 48.8 Å². The number of rotatable bonds is 8. The summed E-state index contributed by atoms with van der Waals surface area (Å²) in [7, 11) is 1.31. The number of hydrogen-bond acceptors (Lipinski definition) is 4. The van der Waals surface area contributed by atoms with Crippen molar-refractivity contribution in [3.05, 3.63) is 64.5 Å². The Morgan fingerprint density at radius 1 is 1.23 bits per heavy atom. The molecule has 1 heterocycles. The summed E-state index contributed by atoms with van der Waals surface area (Å²) in [6.07, 6.45) is 1.59. The third-order valence-electron chi connectivity index (χ3n) is 4.93. The van der Waals surface area contributed by atoms with Gasteiger partial charge in [0.25, 0.3) is 5.91 Å². The summed E-state index contributed by atoms with van der Waals surface area (Å²) in [6.45, 7) is 9.16. The van der Waals surface area contributed by atoms with Crippen LogP contribution >= 0.6 is 0 Å². The first kappa shape index (κ1) is 23.0. The number of carbonyl (C=O) groups is 2. The van der Waals surface area contributed by atoms with Crippen molar-refractivity contribution in [2.45, 2.75) is 46.7 Å². The van der Waals surface area contributed by atoms with Gasteiger partial charge >= 0.3 is 5.97 Å². The predicted octanol–water partition coefficient (Wildman–Crippen LogP) is 4.09. The van der Waals surface area contributed by atoms with Gasteiger partial charge in [0.15, 0.2) is 0 Å². The highest BCUT2D eigenvalue weighted by Crippen LogP contribution is 2.21. The summed E-state index contributed by atoms with van der Waals surface area (Å²) in [5.74, 6) is -0.483. The Kier molecular flexibility index (Phi) is 7.99. The maximum Gasteiger partial charge on any atom is 0.307 e. The number of carbonyl (C=O) groups excluding carboxylic acids is 2. The van der Waals surface area contributed by atoms with E-state index in [1.54, 1.807) is 6.08 Å². The molecule has 2 rings (SSSR count). The highest BCUT2D eigenvalue weighted by Gasteiger charge is 2.21. The Bertz CT molecular complexity index is 966. The number of hydrogen-bond donors (Lipinski definition) is 1. The second-order valence-corrected chi connectivity index (χ2v) is 7.72. The molecule has 30 heavy (non-hydrogen) atoms. The first-order chi connectivity index (χ1) is 14.3. The van der Waals surface area contributed by atoms with E-state index in [0.717, 1.165) is 29.1 Å². The Hall–Kier alpha value is -3.33. The number of nitrogens with one attached hydrogen (secondary N) is 1. The molecule has 0 aliphatic rings. The average Bonchev–Trinajstić information content (AvgIpc) is 2.98. The van der Waals surface area contributed by atoms with Gasteiger partial charge < -0.3 is 14.6 Å². The van der Waals surface area contributed by atoms with E-state index in [0.29, 0.717) is 5.92 Å². The minimum Gasteiger partial charge on any atom is -0.469 e. The lowest BCUT2D eigenvalue weighted by molar-refractivity contribution is -0.141. The van der Waals surface area contributed by atoms with Crippen molar-refractivity contribution >= 4 is 18.0 Å². The molecule has 1 N–H and O–H groups in total. The fraction of sp³-hybridized carbons (Fsp3) is 0.375. The van der Waals surface area contributed by atoms with E-state index in [2.05, 4.69) is 23.7 Å². The molecular weight excluding hydrogens is 378 g/mol. The molecule has 0 aliphatic heterocycles. The van der Waals surface area contributed by atoms with Gasteiger partial charge in [0.05, 0.1) is 19.6 Å². The summed E-state index contributed by atoms with van der Waals surface area (Å²) in [5, 5.41) is 12.4. The summed E-state index contributed by atoms with van der Waals surface area (Å²) in [4.78, 5) is 24.7. The van der Waals surface area contributed by atoms with Gasteiger partial charge in [-0.1, -0.05) is 44.2 Å². The fourth-order valence-corrected chi connectivity index (χ4v) is 3.35. The molecule has 0 aliphatic carbocycles. The number of esters is 1. The second-order valence-electron chi connectivity index (χ2n) is 7.72. The molecule has 2 aromatic rings. The maximum absolute atomic E-state index is 12.9. The van der Waals surface area contributed by atoms with Crippen LogP contribution in [0.15, 0.2) is 42.0 Å². The topological polar surface area (TPSA) is 84.1 Å². The van der Waals surface area contributed by atoms with E-state index in [9.17, 15) is 14.9 Å². The molecule has 6 heteroatoms. The Balaban J connectivity index is 2.30. The van der Waals surface area contributed by atoms with Crippen LogP contribution in [0.4, 0.5) is 0 Å². The number of ether oxygens (including phenoxy) is 1. The molecule has 0 saturated heterocycles. The quantitative estimate of drug-likeness (QED) is 0.406. The summed E-state index contributed by atoms with van der Waals surface area (Å²) in [6, 6.07) is 12.5. The van der Waals surface area contributed by atoms with Crippen LogP contribution in [0, 0.1) is 31.1 Å². The molecule has 0 unspecified atom stereocenters. The fourth-order valence-electron chi connectivity index (χ4n) is 3.35. The molecule has 6 nitrogen and oxygen atoms in total. The Morgan fingerprint density at radius 3 is 2.47 bits per heavy atom. The van der Waals surface area contributed by atoms with E-state index in [1.807, 2.05) is 56.3 Å². The highest BCUT2D eigenvalue weighted by atomic mass is 16.5. The van der Waals surface area contributed by atoms with Crippen LogP contribution < -0.4 is 5.32 Å². The van der Waals surface area contributed by atoms with Crippen molar-refractivity contribution in [2.24, 2.45) is 5.92 Å². The SMILES string of the molecule is COC(=O)C[C@@H](NC(=O)/C(C#N)=C/c1cc(C)n(CC(C)C)c1C)c1ccccc1. The van der Waals surface area contributed by atoms with Gasteiger partial charge in [-0.25, -0.2) is 0 Å². The van der Waals surface area contributed by atoms with Crippen LogP contribution in [0.5, 0.6) is 0 Å². The Morgan fingerprint density at radius 2 is 1.90 bits per heavy atom. The molecule has 0 saturated carbocycles. The third-order valence-corrected chi connectivity index (χ3v) is 4.93. The van der Waals surface area contributed by atoms with Crippen LogP contribution in [0.25, 0.3) is 6.08 Å². The van der Waals surface area contributed by atoms with Crippen LogP contribution in [-0.4, -0.2) is 23.6 Å². The summed E-state index contributed by atoms with van der Waals surface area (Å²) >= 11 is 0. The lowest BCUT2D eigenvalue weighted by atomic mass is 10.0. The van der Waals surface area contributed by atoms with Gasteiger partial charge in [-0.05, 0) is 43.0 Å². The van der Waals surface area contributed by atoms with Crippen LogP contribution in [0.2, 0.25) is 0 Å². The van der Waals surface area contributed by atoms with Crippen molar-refractivity contribution in [3.8, 4) is 6.07 Å². The smallest absolute Gasteiger partial charge is 0.307 e. The first-order valence-corrected chi connectivity index (χ1v) is 9.98. The third kappa shape index (κ3) is 5.84. The molecule has 0 bridgehead atoms. The number of methoxy groups -OCH3 is 1. The van der Waals surface area contributed by atoms with Gasteiger partial charge in [0, 0.05) is 17.9 Å². The van der Waals surface area contributed by atoms with Crippen molar-refractivity contribution in [3.63, 3.8) is 0 Å². The number of aromatic nitrogens is 1. The van der Waals surface area contributed by atoms with E-state index >= 15 is 0 Å². The number of aryl methyl sites for hydroxylation is 1. The lowest BCUT2D eigenvalue weighted by Gasteiger charge is -2.18. The summed E-state index contributed by atoms with van der Waals surface area (Å²) < 4.78 is 6.94. The van der Waals surface area contributed by atoms with Crippen LogP contribution in [0.3, 0.4) is 0 Å². The second kappa shape index (κ2) is 10.4. The van der Waals surface area contributed by atoms with Crippen LogP contribution in [-0.2, 0) is 20.9 Å². The predicted molar refractivity (Wildman–Crippen MR) is 116 cm³/mol. The minimum absolute atomic E-state index is 0.00871. The molecule has 1 atom stereocenters. The molecule has 1 aromatic carbocycles. The molecule has 1 amide bonds. The zero-order valence-electron chi connectivity index (χ0n) is 18.2. The van der Waals surface area contributed by atoms with Gasteiger partial charge in [0.2, 0.25) is 0 Å². The van der Waals surface area contributed by atoms with Gasteiger partial charge in [-0.2, -0.15) is 5.26 Å². The zero-order valence-corrected chi connectivity index (χ0v) is 18.2. The average molecular weight is 408 g/mol. The maximum atomic E-state index is 12.9. The molecule has 0 fully saturated rings. The van der Waals surface area contributed by atoms with E-state index in [1.165, 1.54) is 7.11 Å². The normalized spacial score (nSPS) is 12.4. The molecule has 1 aromatic heterocycles. The van der Waals surface area contributed by atoms with Gasteiger partial charge in [-0.3, -0.25) is 9.59 Å². The first-order valence-electron chi connectivity index (χ1n) is 9.98. The lowest BCUT2D eigenvalue weighted by Crippen LogP contribution is -2.31. The summed E-state index contributed by atoms with van der Waals surface area (Å²) in [5.41, 5.74) is 3.69. The standard InChI is InChI=1S/C24H29N3O3/c1-16(2)15-27-17(3)11-20(18(27)4)12-21(14-25)24(29)26-22(13-23(28)30-5)19-9-7-6-8-10-19/h6-12,16,22H,13,15H2,1-5H3,(H,26,29)/b21-12+/t22-/m1/s1. The van der Waals surface area contributed by atoms with Gasteiger partial charge in [0.1, 0.15) is 11.6 Å². The van der Waals surface area contributed by atoms with Crippen molar-refractivity contribution in [1.29, 1.82) is 5.26 Å². The highest BCUT2D eigenvalue weighted by molar-refractivity contribution is 6.02. The van der Waals surface area contributed by atoms with E-state index in [-0.39, 0.29) is 12.0 Å². The van der Waals surface area contributed by atoms with E-state index in [4.69, 9.17) is 4.74 Å². The van der Waals surface area contributed by atoms with Gasteiger partial charge in [-0.15, -0.1) is 0 Å². The minimum atomic E-state index is -0.587. The number of amides is 1. The molecule has 158 valence electrons. The largest absolute Gasteiger partial charge is 0.469 e.